The van der Waals surface area contributed by atoms with Crippen LogP contribution in [0.1, 0.15) is 20.8 Å². The highest BCUT2D eigenvalue weighted by Crippen LogP contribution is 2.15. The van der Waals surface area contributed by atoms with Crippen molar-refractivity contribution in [2.45, 2.75) is 26.8 Å². The zero-order valence-corrected chi connectivity index (χ0v) is 11.3. The summed E-state index contributed by atoms with van der Waals surface area (Å²) in [4.78, 5) is 18.7. The first-order chi connectivity index (χ1) is 8.61. The summed E-state index contributed by atoms with van der Waals surface area (Å²) < 4.78 is 1.70. The van der Waals surface area contributed by atoms with Crippen LogP contribution in [-0.2, 0) is 0 Å². The van der Waals surface area contributed by atoms with Crippen LogP contribution in [0.4, 0.5) is 5.95 Å². The van der Waals surface area contributed by atoms with Crippen molar-refractivity contribution in [1.82, 2.24) is 24.5 Å². The standard InChI is InChI=1S/C11H15ClN6/c1-4-18(8(2)3)11-15-9(12)14-10(16-11)17-6-5-13-7-17/h5-8H,4H2,1-3H3. The summed E-state index contributed by atoms with van der Waals surface area (Å²) in [6.45, 7) is 7.02. The van der Waals surface area contributed by atoms with Gasteiger partial charge >= 0.3 is 0 Å². The SMILES string of the molecule is CCN(c1nc(Cl)nc(-n2ccnc2)n1)C(C)C. The summed E-state index contributed by atoms with van der Waals surface area (Å²) in [5.74, 6) is 1.05. The van der Waals surface area contributed by atoms with Crippen molar-refractivity contribution in [2.24, 2.45) is 0 Å². The average Bonchev–Trinajstić information content (AvgIpc) is 2.82. The molecule has 0 fully saturated rings. The Labute approximate surface area is 111 Å². The van der Waals surface area contributed by atoms with Crippen LogP contribution >= 0.6 is 11.6 Å². The van der Waals surface area contributed by atoms with Gasteiger partial charge < -0.3 is 4.90 Å². The molecule has 0 saturated heterocycles. The van der Waals surface area contributed by atoms with Crippen molar-refractivity contribution >= 4 is 17.5 Å². The molecule has 18 heavy (non-hydrogen) atoms. The number of imidazole rings is 1. The highest BCUT2D eigenvalue weighted by Gasteiger charge is 2.14. The molecule has 0 aliphatic heterocycles. The number of hydrogen-bond donors (Lipinski definition) is 0. The Kier molecular flexibility index (Phi) is 3.76. The van der Waals surface area contributed by atoms with Crippen LogP contribution in [0.25, 0.3) is 5.95 Å². The van der Waals surface area contributed by atoms with Crippen molar-refractivity contribution in [3.8, 4) is 5.95 Å². The van der Waals surface area contributed by atoms with Crippen LogP contribution in [0.3, 0.4) is 0 Å². The normalized spacial score (nSPS) is 10.9. The molecular formula is C11H15ClN6. The Morgan fingerprint density at radius 2 is 2.11 bits per heavy atom. The predicted octanol–water partition coefficient (Wildman–Crippen LogP) is 1.95. The van der Waals surface area contributed by atoms with Crippen molar-refractivity contribution in [3.05, 3.63) is 24.0 Å². The van der Waals surface area contributed by atoms with E-state index in [1.54, 1.807) is 23.3 Å². The van der Waals surface area contributed by atoms with Gasteiger partial charge in [-0.3, -0.25) is 4.57 Å². The third-order valence-electron chi connectivity index (χ3n) is 2.54. The lowest BCUT2D eigenvalue weighted by Gasteiger charge is -2.25. The highest BCUT2D eigenvalue weighted by molar-refractivity contribution is 6.28. The molecule has 0 N–H and O–H groups in total. The van der Waals surface area contributed by atoms with Gasteiger partial charge in [0.2, 0.25) is 17.2 Å². The van der Waals surface area contributed by atoms with Gasteiger partial charge in [0, 0.05) is 25.0 Å². The van der Waals surface area contributed by atoms with Gasteiger partial charge in [-0.2, -0.15) is 15.0 Å². The van der Waals surface area contributed by atoms with E-state index in [1.165, 1.54) is 0 Å². The quantitative estimate of drug-likeness (QED) is 0.846. The van der Waals surface area contributed by atoms with Crippen molar-refractivity contribution in [2.75, 3.05) is 11.4 Å². The molecule has 7 heteroatoms. The number of rotatable bonds is 4. The maximum Gasteiger partial charge on any atom is 0.241 e. The number of halogens is 1. The Morgan fingerprint density at radius 3 is 2.67 bits per heavy atom. The van der Waals surface area contributed by atoms with Gasteiger partial charge in [0.15, 0.2) is 0 Å². The minimum Gasteiger partial charge on any atom is -0.338 e. The first kappa shape index (κ1) is 12.8. The van der Waals surface area contributed by atoms with Gasteiger partial charge in [-0.1, -0.05) is 0 Å². The smallest absolute Gasteiger partial charge is 0.241 e. The molecule has 0 spiro atoms. The summed E-state index contributed by atoms with van der Waals surface area (Å²) in [6.07, 6.45) is 5.06. The van der Waals surface area contributed by atoms with Gasteiger partial charge in [-0.05, 0) is 32.4 Å². The Hall–Kier alpha value is -1.69. The lowest BCUT2D eigenvalue weighted by Crippen LogP contribution is -2.32. The zero-order chi connectivity index (χ0) is 13.1. The molecule has 0 aliphatic carbocycles. The number of aromatic nitrogens is 5. The Morgan fingerprint density at radius 1 is 1.33 bits per heavy atom. The minimum absolute atomic E-state index is 0.183. The van der Waals surface area contributed by atoms with Gasteiger partial charge in [0.05, 0.1) is 0 Å². The van der Waals surface area contributed by atoms with E-state index in [9.17, 15) is 0 Å². The van der Waals surface area contributed by atoms with Crippen LogP contribution in [0.2, 0.25) is 5.28 Å². The third-order valence-corrected chi connectivity index (χ3v) is 2.71. The molecule has 96 valence electrons. The van der Waals surface area contributed by atoms with Crippen LogP contribution in [0.15, 0.2) is 18.7 Å². The number of nitrogens with zero attached hydrogens (tertiary/aromatic N) is 6. The summed E-state index contributed by atoms with van der Waals surface area (Å²) in [5.41, 5.74) is 0. The zero-order valence-electron chi connectivity index (χ0n) is 10.6. The fraction of sp³-hybridized carbons (Fsp3) is 0.455. The van der Waals surface area contributed by atoms with Gasteiger partial charge in [0.1, 0.15) is 6.33 Å². The molecule has 2 aromatic heterocycles. The summed E-state index contributed by atoms with van der Waals surface area (Å²) in [5, 5.41) is 0.183. The Balaban J connectivity index is 2.44. The van der Waals surface area contributed by atoms with E-state index >= 15 is 0 Å². The lowest BCUT2D eigenvalue weighted by atomic mass is 10.3. The molecular weight excluding hydrogens is 252 g/mol. The van der Waals surface area contributed by atoms with E-state index in [1.807, 2.05) is 4.90 Å². The fourth-order valence-corrected chi connectivity index (χ4v) is 1.84. The van der Waals surface area contributed by atoms with Crippen LogP contribution in [0.5, 0.6) is 0 Å². The Bertz CT molecular complexity index is 510. The average molecular weight is 267 g/mol. The summed E-state index contributed by atoms with van der Waals surface area (Å²) in [7, 11) is 0. The highest BCUT2D eigenvalue weighted by atomic mass is 35.5. The van der Waals surface area contributed by atoms with Crippen molar-refractivity contribution in [1.29, 1.82) is 0 Å². The first-order valence-corrected chi connectivity index (χ1v) is 6.16. The number of hydrogen-bond acceptors (Lipinski definition) is 5. The van der Waals surface area contributed by atoms with Crippen molar-refractivity contribution in [3.63, 3.8) is 0 Å². The largest absolute Gasteiger partial charge is 0.338 e. The topological polar surface area (TPSA) is 59.7 Å². The fourth-order valence-electron chi connectivity index (χ4n) is 1.69. The molecule has 0 radical (unpaired) electrons. The molecule has 0 saturated carbocycles. The predicted molar refractivity (Wildman–Crippen MR) is 70.1 cm³/mol. The second-order valence-electron chi connectivity index (χ2n) is 4.05. The second kappa shape index (κ2) is 5.30. The van der Waals surface area contributed by atoms with Crippen LogP contribution in [0, 0.1) is 0 Å². The van der Waals surface area contributed by atoms with E-state index in [0.29, 0.717) is 17.9 Å². The van der Waals surface area contributed by atoms with E-state index < -0.39 is 0 Å². The van der Waals surface area contributed by atoms with Gasteiger partial charge in [0.25, 0.3) is 0 Å². The molecule has 2 heterocycles. The van der Waals surface area contributed by atoms with E-state index in [4.69, 9.17) is 11.6 Å². The maximum absolute atomic E-state index is 5.95. The second-order valence-corrected chi connectivity index (χ2v) is 4.39. The maximum atomic E-state index is 5.95. The summed E-state index contributed by atoms with van der Waals surface area (Å²) >= 11 is 5.95. The van der Waals surface area contributed by atoms with Crippen molar-refractivity contribution < 1.29 is 0 Å². The lowest BCUT2D eigenvalue weighted by molar-refractivity contribution is 0.674. The molecule has 0 aromatic carbocycles. The first-order valence-electron chi connectivity index (χ1n) is 5.78. The monoisotopic (exact) mass is 266 g/mol. The molecule has 0 unspecified atom stereocenters. The van der Waals surface area contributed by atoms with Gasteiger partial charge in [-0.25, -0.2) is 4.98 Å². The molecule has 2 rings (SSSR count). The summed E-state index contributed by atoms with van der Waals surface area (Å²) in [6, 6.07) is 0.295. The molecule has 0 aliphatic rings. The van der Waals surface area contributed by atoms with E-state index in [-0.39, 0.29) is 5.28 Å². The molecule has 6 nitrogen and oxygen atoms in total. The van der Waals surface area contributed by atoms with Gasteiger partial charge in [-0.15, -0.1) is 0 Å². The van der Waals surface area contributed by atoms with E-state index in [0.717, 1.165) is 6.54 Å². The van der Waals surface area contributed by atoms with Crippen LogP contribution in [-0.4, -0.2) is 37.1 Å². The van der Waals surface area contributed by atoms with E-state index in [2.05, 4.69) is 40.7 Å². The molecule has 0 atom stereocenters. The number of anilines is 1. The van der Waals surface area contributed by atoms with Crippen LogP contribution < -0.4 is 4.90 Å². The molecule has 0 amide bonds. The minimum atomic E-state index is 0.183. The molecule has 0 bridgehead atoms. The molecule has 2 aromatic rings. The third kappa shape index (κ3) is 2.59.